The third-order valence-corrected chi connectivity index (χ3v) is 4.27. The van der Waals surface area contributed by atoms with Gasteiger partial charge in [-0.3, -0.25) is 0 Å². The van der Waals surface area contributed by atoms with E-state index in [9.17, 15) is 5.11 Å². The standard InChI is InChI=1S/C19H24O2/c20-19(11-12-19)15-21-13-5-1-2-6-16-9-10-17-7-3-4-8-18(17)14-16/h3-4,7-10,14,20H,1-2,5-6,11-13,15H2. The van der Waals surface area contributed by atoms with E-state index in [1.807, 2.05) is 0 Å². The van der Waals surface area contributed by atoms with Crippen molar-refractivity contribution in [1.29, 1.82) is 0 Å². The molecule has 0 heterocycles. The number of hydrogen-bond donors (Lipinski definition) is 1. The molecule has 0 amide bonds. The summed E-state index contributed by atoms with van der Waals surface area (Å²) in [4.78, 5) is 0. The molecule has 2 aromatic carbocycles. The van der Waals surface area contributed by atoms with Crippen molar-refractivity contribution in [2.45, 2.75) is 44.1 Å². The maximum absolute atomic E-state index is 9.64. The highest BCUT2D eigenvalue weighted by atomic mass is 16.5. The molecular formula is C19H24O2. The Hall–Kier alpha value is -1.38. The number of fused-ring (bicyclic) bond motifs is 1. The van der Waals surface area contributed by atoms with Gasteiger partial charge >= 0.3 is 0 Å². The number of unbranched alkanes of at least 4 members (excludes halogenated alkanes) is 2. The Labute approximate surface area is 126 Å². The summed E-state index contributed by atoms with van der Waals surface area (Å²) in [6.07, 6.45) is 6.43. The van der Waals surface area contributed by atoms with Gasteiger partial charge in [-0.15, -0.1) is 0 Å². The highest BCUT2D eigenvalue weighted by Crippen LogP contribution is 2.34. The van der Waals surface area contributed by atoms with Gasteiger partial charge in [-0.2, -0.15) is 0 Å². The van der Waals surface area contributed by atoms with Gasteiger partial charge in [-0.05, 0) is 48.4 Å². The van der Waals surface area contributed by atoms with Gasteiger partial charge in [-0.1, -0.05) is 48.9 Å². The Morgan fingerprint density at radius 1 is 0.952 bits per heavy atom. The van der Waals surface area contributed by atoms with E-state index in [4.69, 9.17) is 4.74 Å². The van der Waals surface area contributed by atoms with Crippen LogP contribution in [0.15, 0.2) is 42.5 Å². The lowest BCUT2D eigenvalue weighted by Gasteiger charge is -2.08. The first-order valence-electron chi connectivity index (χ1n) is 8.03. The maximum atomic E-state index is 9.64. The first kappa shape index (κ1) is 14.6. The number of aliphatic hydroxyl groups is 1. The lowest BCUT2D eigenvalue weighted by Crippen LogP contribution is -2.16. The van der Waals surface area contributed by atoms with E-state index in [0.717, 1.165) is 32.3 Å². The minimum absolute atomic E-state index is 0.467. The summed E-state index contributed by atoms with van der Waals surface area (Å²) in [5, 5.41) is 12.3. The number of benzene rings is 2. The average molecular weight is 284 g/mol. The van der Waals surface area contributed by atoms with Gasteiger partial charge in [-0.25, -0.2) is 0 Å². The minimum Gasteiger partial charge on any atom is -0.387 e. The zero-order chi connectivity index (χ0) is 14.5. The Morgan fingerprint density at radius 3 is 2.57 bits per heavy atom. The highest BCUT2D eigenvalue weighted by Gasteiger charge is 2.40. The van der Waals surface area contributed by atoms with Crippen LogP contribution in [0.25, 0.3) is 10.8 Å². The summed E-state index contributed by atoms with van der Waals surface area (Å²) in [6.45, 7) is 1.30. The number of ether oxygens (including phenoxy) is 1. The molecule has 0 radical (unpaired) electrons. The quantitative estimate of drug-likeness (QED) is 0.740. The molecule has 2 nitrogen and oxygen atoms in total. The molecule has 1 fully saturated rings. The molecule has 0 aromatic heterocycles. The van der Waals surface area contributed by atoms with E-state index in [0.29, 0.717) is 6.61 Å². The number of rotatable bonds is 8. The topological polar surface area (TPSA) is 29.5 Å². The Balaban J connectivity index is 1.34. The van der Waals surface area contributed by atoms with E-state index in [2.05, 4.69) is 42.5 Å². The molecule has 0 unspecified atom stereocenters. The predicted molar refractivity (Wildman–Crippen MR) is 86.5 cm³/mol. The monoisotopic (exact) mass is 284 g/mol. The van der Waals surface area contributed by atoms with Gasteiger partial charge in [0.2, 0.25) is 0 Å². The van der Waals surface area contributed by atoms with Crippen molar-refractivity contribution in [1.82, 2.24) is 0 Å². The van der Waals surface area contributed by atoms with Gasteiger partial charge in [0, 0.05) is 6.61 Å². The summed E-state index contributed by atoms with van der Waals surface area (Å²) in [6, 6.07) is 15.3. The van der Waals surface area contributed by atoms with Gasteiger partial charge < -0.3 is 9.84 Å². The van der Waals surface area contributed by atoms with Crippen LogP contribution in [0.2, 0.25) is 0 Å². The van der Waals surface area contributed by atoms with Crippen LogP contribution in [-0.2, 0) is 11.2 Å². The maximum Gasteiger partial charge on any atom is 0.0882 e. The van der Waals surface area contributed by atoms with E-state index < -0.39 is 5.60 Å². The summed E-state index contributed by atoms with van der Waals surface area (Å²) in [5.74, 6) is 0. The van der Waals surface area contributed by atoms with Crippen LogP contribution in [0.1, 0.15) is 37.7 Å². The van der Waals surface area contributed by atoms with Crippen LogP contribution in [0.4, 0.5) is 0 Å². The molecule has 1 saturated carbocycles. The fourth-order valence-corrected chi connectivity index (χ4v) is 2.66. The van der Waals surface area contributed by atoms with Crippen molar-refractivity contribution in [2.75, 3.05) is 13.2 Å². The van der Waals surface area contributed by atoms with Crippen LogP contribution in [0, 0.1) is 0 Å². The number of hydrogen-bond acceptors (Lipinski definition) is 2. The molecular weight excluding hydrogens is 260 g/mol. The molecule has 2 heteroatoms. The highest BCUT2D eigenvalue weighted by molar-refractivity contribution is 5.82. The molecule has 1 N–H and O–H groups in total. The van der Waals surface area contributed by atoms with Crippen molar-refractivity contribution < 1.29 is 9.84 Å². The zero-order valence-corrected chi connectivity index (χ0v) is 12.6. The van der Waals surface area contributed by atoms with E-state index in [1.54, 1.807) is 0 Å². The number of aryl methyl sites for hydroxylation is 1. The van der Waals surface area contributed by atoms with Crippen molar-refractivity contribution >= 4 is 10.8 Å². The molecule has 0 aliphatic heterocycles. The van der Waals surface area contributed by atoms with E-state index in [-0.39, 0.29) is 0 Å². The van der Waals surface area contributed by atoms with Gasteiger partial charge in [0.15, 0.2) is 0 Å². The first-order chi connectivity index (χ1) is 10.3. The van der Waals surface area contributed by atoms with Crippen molar-refractivity contribution in [3.05, 3.63) is 48.0 Å². The van der Waals surface area contributed by atoms with Crippen LogP contribution < -0.4 is 0 Å². The SMILES string of the molecule is OC1(COCCCCCc2ccc3ccccc3c2)CC1. The molecule has 0 bridgehead atoms. The van der Waals surface area contributed by atoms with Crippen molar-refractivity contribution in [3.8, 4) is 0 Å². The first-order valence-corrected chi connectivity index (χ1v) is 8.03. The van der Waals surface area contributed by atoms with E-state index in [1.165, 1.54) is 29.2 Å². The Morgan fingerprint density at radius 2 is 1.76 bits per heavy atom. The Kier molecular flexibility index (Phi) is 4.57. The lowest BCUT2D eigenvalue weighted by molar-refractivity contribution is 0.0194. The predicted octanol–water partition coefficient (Wildman–Crippen LogP) is 4.09. The largest absolute Gasteiger partial charge is 0.387 e. The minimum atomic E-state index is -0.467. The summed E-state index contributed by atoms with van der Waals surface area (Å²) < 4.78 is 5.52. The van der Waals surface area contributed by atoms with Gasteiger partial charge in [0.1, 0.15) is 0 Å². The fourth-order valence-electron chi connectivity index (χ4n) is 2.66. The molecule has 1 aliphatic rings. The molecule has 0 spiro atoms. The molecule has 2 aromatic rings. The molecule has 1 aliphatic carbocycles. The second-order valence-electron chi connectivity index (χ2n) is 6.27. The van der Waals surface area contributed by atoms with E-state index >= 15 is 0 Å². The second-order valence-corrected chi connectivity index (χ2v) is 6.27. The summed E-state index contributed by atoms with van der Waals surface area (Å²) >= 11 is 0. The molecule has 21 heavy (non-hydrogen) atoms. The Bertz CT molecular complexity index is 587. The molecule has 0 atom stereocenters. The van der Waals surface area contributed by atoms with Crippen molar-refractivity contribution in [3.63, 3.8) is 0 Å². The second kappa shape index (κ2) is 6.59. The van der Waals surface area contributed by atoms with Crippen LogP contribution in [0.3, 0.4) is 0 Å². The van der Waals surface area contributed by atoms with Crippen LogP contribution in [0.5, 0.6) is 0 Å². The third-order valence-electron chi connectivity index (χ3n) is 4.27. The molecule has 3 rings (SSSR count). The molecule has 112 valence electrons. The van der Waals surface area contributed by atoms with Crippen LogP contribution in [-0.4, -0.2) is 23.9 Å². The normalized spacial score (nSPS) is 16.2. The third kappa shape index (κ3) is 4.29. The summed E-state index contributed by atoms with van der Waals surface area (Å²) in [5.41, 5.74) is 0.951. The van der Waals surface area contributed by atoms with Crippen LogP contribution >= 0.6 is 0 Å². The smallest absolute Gasteiger partial charge is 0.0882 e. The summed E-state index contributed by atoms with van der Waals surface area (Å²) in [7, 11) is 0. The average Bonchev–Trinajstić information content (AvgIpc) is 3.24. The van der Waals surface area contributed by atoms with Crippen molar-refractivity contribution in [2.24, 2.45) is 0 Å². The molecule has 0 saturated heterocycles. The zero-order valence-electron chi connectivity index (χ0n) is 12.6. The van der Waals surface area contributed by atoms with Gasteiger partial charge in [0.05, 0.1) is 12.2 Å². The lowest BCUT2D eigenvalue weighted by atomic mass is 10.0. The fraction of sp³-hybridized carbons (Fsp3) is 0.474. The van der Waals surface area contributed by atoms with Gasteiger partial charge in [0.25, 0.3) is 0 Å².